The number of rotatable bonds is 4. The van der Waals surface area contributed by atoms with Gasteiger partial charge in [0.1, 0.15) is 22.9 Å². The van der Waals surface area contributed by atoms with Crippen LogP contribution in [0.25, 0.3) is 11.3 Å². The summed E-state index contributed by atoms with van der Waals surface area (Å²) >= 11 is 1.04. The number of benzene rings is 1. The minimum Gasteiger partial charge on any atom is -0.496 e. The lowest BCUT2D eigenvalue weighted by Gasteiger charge is -2.13. The minimum absolute atomic E-state index is 0.349. The van der Waals surface area contributed by atoms with Crippen LogP contribution in [0.15, 0.2) is 12.1 Å². The molecule has 1 heterocycles. The summed E-state index contributed by atoms with van der Waals surface area (Å²) in [7, 11) is 4.70. The molecular weight excluding hydrogens is 254 g/mol. The molecule has 0 radical (unpaired) electrons. The molecule has 0 atom stereocenters. The van der Waals surface area contributed by atoms with Gasteiger partial charge in [-0.05, 0) is 0 Å². The van der Waals surface area contributed by atoms with Gasteiger partial charge in [-0.1, -0.05) is 0 Å². The molecule has 1 aromatic heterocycles. The largest absolute Gasteiger partial charge is 0.496 e. The molecule has 0 spiro atoms. The summed E-state index contributed by atoms with van der Waals surface area (Å²) in [5.41, 5.74) is 7.01. The summed E-state index contributed by atoms with van der Waals surface area (Å²) < 4.78 is 24.0. The highest BCUT2D eigenvalue weighted by Gasteiger charge is 2.20. The third-order valence-corrected chi connectivity index (χ3v) is 3.01. The molecule has 2 aromatic rings. The summed E-state index contributed by atoms with van der Waals surface area (Å²) in [6, 6.07) is 3.49. The monoisotopic (exact) mass is 267 g/mol. The topological polar surface area (TPSA) is 79.5 Å². The highest BCUT2D eigenvalue weighted by Crippen LogP contribution is 2.42. The average molecular weight is 267 g/mol. The van der Waals surface area contributed by atoms with E-state index in [0.29, 0.717) is 34.3 Å². The van der Waals surface area contributed by atoms with E-state index in [9.17, 15) is 0 Å². The minimum atomic E-state index is 0.349. The molecule has 2 N–H and O–H groups in total. The van der Waals surface area contributed by atoms with Crippen LogP contribution in [0.3, 0.4) is 0 Å². The third kappa shape index (κ3) is 2.04. The van der Waals surface area contributed by atoms with Crippen molar-refractivity contribution >= 4 is 17.5 Å². The lowest BCUT2D eigenvalue weighted by Crippen LogP contribution is -1.97. The van der Waals surface area contributed by atoms with E-state index in [-0.39, 0.29) is 0 Å². The highest BCUT2D eigenvalue weighted by molar-refractivity contribution is 6.99. The van der Waals surface area contributed by atoms with Crippen molar-refractivity contribution in [2.24, 2.45) is 0 Å². The molecule has 0 fully saturated rings. The summed E-state index contributed by atoms with van der Waals surface area (Å²) in [4.78, 5) is 0. The van der Waals surface area contributed by atoms with E-state index in [1.165, 1.54) is 0 Å². The molecule has 7 heteroatoms. The second-order valence-electron chi connectivity index (χ2n) is 3.40. The van der Waals surface area contributed by atoms with E-state index in [2.05, 4.69) is 8.75 Å². The number of hydrogen-bond donors (Lipinski definition) is 1. The lowest BCUT2D eigenvalue weighted by atomic mass is 10.1. The van der Waals surface area contributed by atoms with Crippen molar-refractivity contribution in [3.8, 4) is 28.5 Å². The fraction of sp³-hybridized carbons (Fsp3) is 0.273. The quantitative estimate of drug-likeness (QED) is 0.910. The maximum Gasteiger partial charge on any atom is 0.165 e. The van der Waals surface area contributed by atoms with Gasteiger partial charge in [0.2, 0.25) is 0 Å². The number of nitrogens with two attached hydrogens (primary N) is 1. The van der Waals surface area contributed by atoms with Crippen molar-refractivity contribution in [2.75, 3.05) is 27.1 Å². The average Bonchev–Trinajstić information content (AvgIpc) is 2.82. The Labute approximate surface area is 109 Å². The molecule has 0 saturated heterocycles. The van der Waals surface area contributed by atoms with Crippen LogP contribution in [0, 0.1) is 0 Å². The first kappa shape index (κ1) is 12.4. The summed E-state index contributed by atoms with van der Waals surface area (Å²) in [5.74, 6) is 2.13. The van der Waals surface area contributed by atoms with Gasteiger partial charge in [-0.2, -0.15) is 8.75 Å². The van der Waals surface area contributed by atoms with E-state index in [0.717, 1.165) is 11.7 Å². The van der Waals surface area contributed by atoms with Gasteiger partial charge in [0.15, 0.2) is 5.82 Å². The molecule has 18 heavy (non-hydrogen) atoms. The Kier molecular flexibility index (Phi) is 3.52. The van der Waals surface area contributed by atoms with E-state index >= 15 is 0 Å². The number of nitrogens with zero attached hydrogens (tertiary/aromatic N) is 2. The molecule has 2 rings (SSSR count). The fourth-order valence-electron chi connectivity index (χ4n) is 1.61. The Morgan fingerprint density at radius 3 is 2.00 bits per heavy atom. The third-order valence-electron chi connectivity index (χ3n) is 2.47. The van der Waals surface area contributed by atoms with E-state index in [1.54, 1.807) is 33.5 Å². The van der Waals surface area contributed by atoms with Crippen LogP contribution < -0.4 is 19.9 Å². The molecule has 1 aromatic carbocycles. The van der Waals surface area contributed by atoms with Crippen LogP contribution in [0.1, 0.15) is 0 Å². The molecule has 0 amide bonds. The zero-order chi connectivity index (χ0) is 13.1. The zero-order valence-corrected chi connectivity index (χ0v) is 11.1. The molecule has 0 aliphatic rings. The van der Waals surface area contributed by atoms with E-state index in [1.807, 2.05) is 0 Å². The van der Waals surface area contributed by atoms with E-state index < -0.39 is 0 Å². The summed E-state index contributed by atoms with van der Waals surface area (Å²) in [6.45, 7) is 0. The molecule has 6 nitrogen and oxygen atoms in total. The van der Waals surface area contributed by atoms with Crippen molar-refractivity contribution in [2.45, 2.75) is 0 Å². The van der Waals surface area contributed by atoms with Crippen LogP contribution >= 0.6 is 11.7 Å². The van der Waals surface area contributed by atoms with Crippen molar-refractivity contribution in [3.63, 3.8) is 0 Å². The molecular formula is C11H13N3O3S. The number of aromatic nitrogens is 2. The first-order valence-electron chi connectivity index (χ1n) is 5.09. The number of nitrogen functional groups attached to an aromatic ring is 1. The molecule has 0 bridgehead atoms. The predicted molar refractivity (Wildman–Crippen MR) is 69.4 cm³/mol. The second-order valence-corrected chi connectivity index (χ2v) is 3.93. The normalized spacial score (nSPS) is 10.2. The van der Waals surface area contributed by atoms with Gasteiger partial charge in [0.05, 0.1) is 38.6 Å². The van der Waals surface area contributed by atoms with Gasteiger partial charge in [-0.3, -0.25) is 0 Å². The smallest absolute Gasteiger partial charge is 0.165 e. The van der Waals surface area contributed by atoms with Gasteiger partial charge in [0.25, 0.3) is 0 Å². The lowest BCUT2D eigenvalue weighted by molar-refractivity contribution is 0.377. The van der Waals surface area contributed by atoms with Crippen LogP contribution in [-0.4, -0.2) is 30.1 Å². The first-order chi connectivity index (χ1) is 8.71. The number of methoxy groups -OCH3 is 3. The molecule has 0 aliphatic carbocycles. The van der Waals surface area contributed by atoms with E-state index in [4.69, 9.17) is 19.9 Å². The van der Waals surface area contributed by atoms with Gasteiger partial charge < -0.3 is 19.9 Å². The van der Waals surface area contributed by atoms with Crippen molar-refractivity contribution < 1.29 is 14.2 Å². The molecule has 0 saturated carbocycles. The predicted octanol–water partition coefficient (Wildman–Crippen LogP) is 1.81. The van der Waals surface area contributed by atoms with Crippen LogP contribution in [0.4, 0.5) is 5.82 Å². The molecule has 0 unspecified atom stereocenters. The standard InChI is InChI=1S/C11H13N3O3S/c1-15-6-4-7(16-2)9(8(5-6)17-3)10-11(12)14-18-13-10/h4-5H,1-3H3,(H2,12,14). The summed E-state index contributed by atoms with van der Waals surface area (Å²) in [6.07, 6.45) is 0. The fourth-order valence-corrected chi connectivity index (χ4v) is 2.09. The number of ether oxygens (including phenoxy) is 3. The van der Waals surface area contributed by atoms with Crippen molar-refractivity contribution in [1.82, 2.24) is 8.75 Å². The van der Waals surface area contributed by atoms with Gasteiger partial charge in [-0.25, -0.2) is 0 Å². The number of anilines is 1. The Morgan fingerprint density at radius 2 is 1.61 bits per heavy atom. The maximum absolute atomic E-state index is 5.78. The Balaban J connectivity index is 2.68. The highest BCUT2D eigenvalue weighted by atomic mass is 32.1. The van der Waals surface area contributed by atoms with Crippen LogP contribution in [0.2, 0.25) is 0 Å². The SMILES string of the molecule is COc1cc(OC)c(-c2nsnc2N)c(OC)c1. The first-order valence-corrected chi connectivity index (χ1v) is 5.82. The molecule has 0 aliphatic heterocycles. The number of hydrogen-bond acceptors (Lipinski definition) is 7. The van der Waals surface area contributed by atoms with Crippen LogP contribution in [-0.2, 0) is 0 Å². The summed E-state index contributed by atoms with van der Waals surface area (Å²) in [5, 5.41) is 0. The Bertz CT molecular complexity index is 531. The second kappa shape index (κ2) is 5.09. The maximum atomic E-state index is 5.78. The van der Waals surface area contributed by atoms with Gasteiger partial charge >= 0.3 is 0 Å². The van der Waals surface area contributed by atoms with Crippen molar-refractivity contribution in [3.05, 3.63) is 12.1 Å². The molecule has 96 valence electrons. The van der Waals surface area contributed by atoms with Crippen molar-refractivity contribution in [1.29, 1.82) is 0 Å². The zero-order valence-electron chi connectivity index (χ0n) is 10.3. The Hall–Kier alpha value is -2.02. The van der Waals surface area contributed by atoms with Gasteiger partial charge in [0, 0.05) is 12.1 Å². The Morgan fingerprint density at radius 1 is 1.00 bits per heavy atom. The van der Waals surface area contributed by atoms with Crippen LogP contribution in [0.5, 0.6) is 17.2 Å². The van der Waals surface area contributed by atoms with Gasteiger partial charge in [-0.15, -0.1) is 0 Å².